The minimum absolute atomic E-state index is 0.283. The van der Waals surface area contributed by atoms with Gasteiger partial charge in [-0.15, -0.1) is 0 Å². The van der Waals surface area contributed by atoms with Crippen molar-refractivity contribution in [3.05, 3.63) is 0 Å². The van der Waals surface area contributed by atoms with Crippen molar-refractivity contribution in [1.82, 2.24) is 4.90 Å². The van der Waals surface area contributed by atoms with Crippen molar-refractivity contribution in [2.45, 2.75) is 58.4 Å². The number of nitrogens with zero attached hydrogens (tertiary/aromatic N) is 1. The molecule has 0 spiro atoms. The molecule has 1 aliphatic rings. The lowest BCUT2D eigenvalue weighted by molar-refractivity contribution is 0.0608. The molecule has 1 fully saturated rings. The van der Waals surface area contributed by atoms with Crippen molar-refractivity contribution in [2.75, 3.05) is 26.2 Å². The Bertz CT molecular complexity index is 192. The first kappa shape index (κ1) is 14.9. The van der Waals surface area contributed by atoms with Gasteiger partial charge in [0.2, 0.25) is 0 Å². The number of hydrogen-bond acceptors (Lipinski definition) is 3. The van der Waals surface area contributed by atoms with E-state index in [9.17, 15) is 0 Å². The monoisotopic (exact) mass is 242 g/mol. The predicted octanol–water partition coefficient (Wildman–Crippen LogP) is 1.99. The third-order valence-electron chi connectivity index (χ3n) is 4.67. The average Bonchev–Trinajstić information content (AvgIpc) is 2.30. The number of aliphatic hydroxyl groups excluding tert-OH is 1. The molecule has 1 rings (SSSR count). The maximum absolute atomic E-state index is 9.01. The molecule has 0 bridgehead atoms. The van der Waals surface area contributed by atoms with Crippen molar-refractivity contribution < 1.29 is 5.11 Å². The minimum Gasteiger partial charge on any atom is -0.396 e. The SMILES string of the molecule is CCC(CC)(CN)CN(CCCO)C1CCC1. The van der Waals surface area contributed by atoms with Gasteiger partial charge in [-0.05, 0) is 44.1 Å². The molecule has 0 aromatic rings. The van der Waals surface area contributed by atoms with Crippen LogP contribution in [-0.4, -0.2) is 42.3 Å². The largest absolute Gasteiger partial charge is 0.396 e. The lowest BCUT2D eigenvalue weighted by atomic mass is 9.80. The summed E-state index contributed by atoms with van der Waals surface area (Å²) in [4.78, 5) is 2.58. The zero-order valence-electron chi connectivity index (χ0n) is 11.6. The molecular formula is C14H30N2O. The summed E-state index contributed by atoms with van der Waals surface area (Å²) in [5.41, 5.74) is 6.27. The maximum atomic E-state index is 9.01. The molecule has 0 radical (unpaired) electrons. The highest BCUT2D eigenvalue weighted by Gasteiger charge is 2.32. The second-order valence-electron chi connectivity index (χ2n) is 5.54. The Labute approximate surface area is 106 Å². The summed E-state index contributed by atoms with van der Waals surface area (Å²) in [5.74, 6) is 0. The summed E-state index contributed by atoms with van der Waals surface area (Å²) in [6.07, 6.45) is 7.24. The van der Waals surface area contributed by atoms with Gasteiger partial charge in [-0.25, -0.2) is 0 Å². The summed E-state index contributed by atoms with van der Waals surface area (Å²) in [6.45, 7) is 7.73. The zero-order valence-corrected chi connectivity index (χ0v) is 11.6. The van der Waals surface area contributed by atoms with Crippen LogP contribution in [0.15, 0.2) is 0 Å². The first-order chi connectivity index (χ1) is 8.21. The fourth-order valence-electron chi connectivity index (χ4n) is 2.67. The van der Waals surface area contributed by atoms with Crippen LogP contribution in [0.3, 0.4) is 0 Å². The lowest BCUT2D eigenvalue weighted by Gasteiger charge is -2.43. The molecular weight excluding hydrogens is 212 g/mol. The number of hydrogen-bond donors (Lipinski definition) is 2. The van der Waals surface area contributed by atoms with Crippen LogP contribution < -0.4 is 5.73 Å². The van der Waals surface area contributed by atoms with Gasteiger partial charge in [0, 0.05) is 25.7 Å². The van der Waals surface area contributed by atoms with Crippen LogP contribution in [0.4, 0.5) is 0 Å². The lowest BCUT2D eigenvalue weighted by Crippen LogP contribution is -2.49. The van der Waals surface area contributed by atoms with Crippen LogP contribution in [0.5, 0.6) is 0 Å². The Kier molecular flexibility index (Phi) is 6.45. The summed E-state index contributed by atoms with van der Waals surface area (Å²) in [7, 11) is 0. The molecule has 1 aliphatic carbocycles. The van der Waals surface area contributed by atoms with Crippen LogP contribution in [-0.2, 0) is 0 Å². The Morgan fingerprint density at radius 3 is 2.29 bits per heavy atom. The van der Waals surface area contributed by atoms with Crippen molar-refractivity contribution in [1.29, 1.82) is 0 Å². The quantitative estimate of drug-likeness (QED) is 0.650. The molecule has 0 amide bonds. The molecule has 3 nitrogen and oxygen atoms in total. The molecule has 0 atom stereocenters. The third-order valence-corrected chi connectivity index (χ3v) is 4.67. The molecule has 0 aliphatic heterocycles. The molecule has 0 aromatic carbocycles. The first-order valence-electron chi connectivity index (χ1n) is 7.26. The Hall–Kier alpha value is -0.120. The third kappa shape index (κ3) is 3.94. The normalized spacial score (nSPS) is 17.5. The smallest absolute Gasteiger partial charge is 0.0443 e. The summed E-state index contributed by atoms with van der Waals surface area (Å²) >= 11 is 0. The minimum atomic E-state index is 0.283. The van der Waals surface area contributed by atoms with Crippen LogP contribution in [0.2, 0.25) is 0 Å². The first-order valence-corrected chi connectivity index (χ1v) is 7.26. The molecule has 0 aromatic heterocycles. The fraction of sp³-hybridized carbons (Fsp3) is 1.00. The molecule has 1 saturated carbocycles. The number of aliphatic hydroxyl groups is 1. The van der Waals surface area contributed by atoms with E-state index in [4.69, 9.17) is 10.8 Å². The van der Waals surface area contributed by atoms with E-state index in [2.05, 4.69) is 18.7 Å². The van der Waals surface area contributed by atoms with Gasteiger partial charge in [0.1, 0.15) is 0 Å². The van der Waals surface area contributed by atoms with Crippen molar-refractivity contribution in [3.63, 3.8) is 0 Å². The van der Waals surface area contributed by atoms with E-state index in [1.165, 1.54) is 19.3 Å². The van der Waals surface area contributed by atoms with Gasteiger partial charge in [0.25, 0.3) is 0 Å². The van der Waals surface area contributed by atoms with Gasteiger partial charge in [0.05, 0.1) is 0 Å². The molecule has 102 valence electrons. The van der Waals surface area contributed by atoms with Crippen molar-refractivity contribution in [3.8, 4) is 0 Å². The second-order valence-corrected chi connectivity index (χ2v) is 5.54. The van der Waals surface area contributed by atoms with Gasteiger partial charge in [-0.3, -0.25) is 4.90 Å². The predicted molar refractivity (Wildman–Crippen MR) is 73.0 cm³/mol. The molecule has 17 heavy (non-hydrogen) atoms. The molecule has 3 heteroatoms. The van der Waals surface area contributed by atoms with Crippen LogP contribution in [0.1, 0.15) is 52.4 Å². The van der Waals surface area contributed by atoms with Gasteiger partial charge in [-0.1, -0.05) is 20.3 Å². The number of nitrogens with two attached hydrogens (primary N) is 1. The topological polar surface area (TPSA) is 49.5 Å². The van der Waals surface area contributed by atoms with Gasteiger partial charge in [-0.2, -0.15) is 0 Å². The van der Waals surface area contributed by atoms with Crippen LogP contribution in [0.25, 0.3) is 0 Å². The highest BCUT2D eigenvalue weighted by Crippen LogP contribution is 2.31. The Morgan fingerprint density at radius 2 is 1.94 bits per heavy atom. The highest BCUT2D eigenvalue weighted by molar-refractivity contribution is 4.87. The fourth-order valence-corrected chi connectivity index (χ4v) is 2.67. The Morgan fingerprint density at radius 1 is 1.29 bits per heavy atom. The summed E-state index contributed by atoms with van der Waals surface area (Å²) < 4.78 is 0. The van der Waals surface area contributed by atoms with Gasteiger partial charge >= 0.3 is 0 Å². The number of rotatable bonds is 9. The van der Waals surface area contributed by atoms with E-state index in [0.717, 1.165) is 44.9 Å². The molecule has 0 saturated heterocycles. The van der Waals surface area contributed by atoms with Crippen LogP contribution >= 0.6 is 0 Å². The van der Waals surface area contributed by atoms with E-state index in [0.29, 0.717) is 6.61 Å². The van der Waals surface area contributed by atoms with E-state index in [1.54, 1.807) is 0 Å². The maximum Gasteiger partial charge on any atom is 0.0443 e. The standard InChI is InChI=1S/C14H30N2O/c1-3-14(4-2,11-15)12-16(9-6-10-17)13-7-5-8-13/h13,17H,3-12,15H2,1-2H3. The summed E-state index contributed by atoms with van der Waals surface area (Å²) in [5, 5.41) is 9.01. The van der Waals surface area contributed by atoms with Crippen molar-refractivity contribution in [2.24, 2.45) is 11.1 Å². The average molecular weight is 242 g/mol. The van der Waals surface area contributed by atoms with Crippen LogP contribution in [0, 0.1) is 5.41 Å². The van der Waals surface area contributed by atoms with E-state index < -0.39 is 0 Å². The highest BCUT2D eigenvalue weighted by atomic mass is 16.3. The molecule has 0 unspecified atom stereocenters. The van der Waals surface area contributed by atoms with E-state index in [-0.39, 0.29) is 5.41 Å². The summed E-state index contributed by atoms with van der Waals surface area (Å²) in [6, 6.07) is 0.755. The van der Waals surface area contributed by atoms with E-state index >= 15 is 0 Å². The molecule has 0 heterocycles. The Balaban J connectivity index is 2.55. The van der Waals surface area contributed by atoms with E-state index in [1.807, 2.05) is 0 Å². The van der Waals surface area contributed by atoms with Gasteiger partial charge in [0.15, 0.2) is 0 Å². The molecule has 3 N–H and O–H groups in total. The van der Waals surface area contributed by atoms with Gasteiger partial charge < -0.3 is 10.8 Å². The zero-order chi connectivity index (χ0) is 12.7. The van der Waals surface area contributed by atoms with Crippen molar-refractivity contribution >= 4 is 0 Å². The second kappa shape index (κ2) is 7.34.